The highest BCUT2D eigenvalue weighted by Gasteiger charge is 2.41. The van der Waals surface area contributed by atoms with Gasteiger partial charge in [0.2, 0.25) is 17.6 Å². The summed E-state index contributed by atoms with van der Waals surface area (Å²) in [5, 5.41) is 0. The average Bonchev–Trinajstić information content (AvgIpc) is 3.52. The SMILES string of the molecule is C/C=C\CC[C@H]1CCC(=O)N1C(=O)C[C@@H](N)C(C)(C)c1ccc(C2(c3ccccc3)OCCO2)cc1. The largest absolute Gasteiger partial charge is 0.340 e. The van der Waals surface area contributed by atoms with Crippen molar-refractivity contribution in [1.29, 1.82) is 0 Å². The lowest BCUT2D eigenvalue weighted by Gasteiger charge is -2.34. The van der Waals surface area contributed by atoms with Gasteiger partial charge in [0.15, 0.2) is 0 Å². The summed E-state index contributed by atoms with van der Waals surface area (Å²) >= 11 is 0. The summed E-state index contributed by atoms with van der Waals surface area (Å²) in [5.41, 5.74) is 9.04. The zero-order valence-corrected chi connectivity index (χ0v) is 21.6. The molecule has 2 aromatic carbocycles. The Morgan fingerprint density at radius 2 is 1.75 bits per heavy atom. The molecule has 0 radical (unpaired) electrons. The van der Waals surface area contributed by atoms with Crippen LogP contribution in [0.4, 0.5) is 0 Å². The number of nitrogens with zero attached hydrogens (tertiary/aromatic N) is 1. The van der Waals surface area contributed by atoms with Crippen molar-refractivity contribution >= 4 is 11.8 Å². The van der Waals surface area contributed by atoms with E-state index >= 15 is 0 Å². The van der Waals surface area contributed by atoms with E-state index in [0.717, 1.165) is 36.0 Å². The van der Waals surface area contributed by atoms with Gasteiger partial charge in [-0.15, -0.1) is 0 Å². The lowest BCUT2D eigenvalue weighted by Crippen LogP contribution is -2.47. The number of rotatable bonds is 9. The molecule has 0 saturated carbocycles. The van der Waals surface area contributed by atoms with Crippen molar-refractivity contribution in [2.75, 3.05) is 13.2 Å². The Morgan fingerprint density at radius 1 is 1.11 bits per heavy atom. The van der Waals surface area contributed by atoms with Crippen LogP contribution in [-0.2, 0) is 30.3 Å². The molecule has 2 atom stereocenters. The van der Waals surface area contributed by atoms with Crippen molar-refractivity contribution in [3.05, 3.63) is 83.4 Å². The van der Waals surface area contributed by atoms with Gasteiger partial charge in [0.1, 0.15) is 0 Å². The lowest BCUT2D eigenvalue weighted by atomic mass is 9.76. The highest BCUT2D eigenvalue weighted by molar-refractivity contribution is 5.97. The van der Waals surface area contributed by atoms with Crippen molar-refractivity contribution in [3.63, 3.8) is 0 Å². The molecule has 0 aromatic heterocycles. The van der Waals surface area contributed by atoms with Crippen LogP contribution in [0.5, 0.6) is 0 Å². The van der Waals surface area contributed by atoms with Crippen LogP contribution in [0.2, 0.25) is 0 Å². The predicted octanol–water partition coefficient (Wildman–Crippen LogP) is 4.80. The number of hydrogen-bond acceptors (Lipinski definition) is 5. The van der Waals surface area contributed by atoms with Gasteiger partial charge >= 0.3 is 0 Å². The molecule has 2 saturated heterocycles. The van der Waals surface area contributed by atoms with Gasteiger partial charge in [-0.05, 0) is 31.7 Å². The highest BCUT2D eigenvalue weighted by Crippen LogP contribution is 2.39. The molecule has 6 heteroatoms. The van der Waals surface area contributed by atoms with Gasteiger partial charge in [-0.1, -0.05) is 80.6 Å². The van der Waals surface area contributed by atoms with Crippen molar-refractivity contribution in [2.24, 2.45) is 5.73 Å². The fourth-order valence-corrected chi connectivity index (χ4v) is 5.26. The van der Waals surface area contributed by atoms with E-state index in [1.807, 2.05) is 81.4 Å². The summed E-state index contributed by atoms with van der Waals surface area (Å²) < 4.78 is 12.2. The van der Waals surface area contributed by atoms with Crippen LogP contribution in [0, 0.1) is 0 Å². The monoisotopic (exact) mass is 490 g/mol. The quantitative estimate of drug-likeness (QED) is 0.511. The molecule has 36 heavy (non-hydrogen) atoms. The number of nitrogens with two attached hydrogens (primary N) is 1. The summed E-state index contributed by atoms with van der Waals surface area (Å²) in [5.74, 6) is -1.17. The molecule has 0 bridgehead atoms. The zero-order chi connectivity index (χ0) is 25.8. The number of hydrogen-bond donors (Lipinski definition) is 1. The molecule has 2 aliphatic heterocycles. The minimum atomic E-state index is -0.917. The number of carbonyl (C=O) groups excluding carboxylic acids is 2. The van der Waals surface area contributed by atoms with Gasteiger partial charge < -0.3 is 15.2 Å². The molecule has 2 N–H and O–H groups in total. The van der Waals surface area contributed by atoms with E-state index in [-0.39, 0.29) is 24.3 Å². The van der Waals surface area contributed by atoms with Crippen molar-refractivity contribution < 1.29 is 19.1 Å². The van der Waals surface area contributed by atoms with Gasteiger partial charge in [-0.2, -0.15) is 0 Å². The topological polar surface area (TPSA) is 81.9 Å². The van der Waals surface area contributed by atoms with Crippen LogP contribution in [0.1, 0.15) is 69.6 Å². The standard InChI is InChI=1S/C30H38N2O4/c1-4-5-7-12-25-17-18-27(33)32(25)28(34)21-26(31)29(2,3)22-13-15-24(16-14-22)30(35-19-20-36-30)23-10-8-6-9-11-23/h4-6,8-11,13-16,25-26H,7,12,17-21,31H2,1-3H3/b5-4-/t25-,26+/m0/s1. The Labute approximate surface area is 214 Å². The maximum absolute atomic E-state index is 13.2. The normalized spacial score (nSPS) is 20.8. The molecule has 2 aromatic rings. The minimum Gasteiger partial charge on any atom is -0.340 e. The van der Waals surface area contributed by atoms with Gasteiger partial charge in [0, 0.05) is 41.5 Å². The molecule has 2 aliphatic rings. The summed E-state index contributed by atoms with van der Waals surface area (Å²) in [7, 11) is 0. The number of ether oxygens (including phenoxy) is 2. The first kappa shape index (κ1) is 26.3. The fourth-order valence-electron chi connectivity index (χ4n) is 5.26. The number of allylic oxidation sites excluding steroid dienone is 2. The lowest BCUT2D eigenvalue weighted by molar-refractivity contribution is -0.144. The Kier molecular flexibility index (Phi) is 8.08. The van der Waals surface area contributed by atoms with Crippen LogP contribution < -0.4 is 5.73 Å². The third-order valence-electron chi connectivity index (χ3n) is 7.67. The zero-order valence-electron chi connectivity index (χ0n) is 21.6. The van der Waals surface area contributed by atoms with Gasteiger partial charge in [-0.25, -0.2) is 0 Å². The highest BCUT2D eigenvalue weighted by atomic mass is 16.7. The van der Waals surface area contributed by atoms with Crippen molar-refractivity contribution in [2.45, 2.75) is 76.2 Å². The number of amides is 2. The van der Waals surface area contributed by atoms with Crippen LogP contribution in [0.3, 0.4) is 0 Å². The summed E-state index contributed by atoms with van der Waals surface area (Å²) in [6, 6.07) is 17.6. The van der Waals surface area contributed by atoms with E-state index < -0.39 is 17.2 Å². The Hall–Kier alpha value is -2.80. The smallest absolute Gasteiger partial charge is 0.231 e. The van der Waals surface area contributed by atoms with Gasteiger partial charge in [0.25, 0.3) is 0 Å². The van der Waals surface area contributed by atoms with Crippen LogP contribution in [0.15, 0.2) is 66.7 Å². The maximum atomic E-state index is 13.2. The second-order valence-corrected chi connectivity index (χ2v) is 10.3. The van der Waals surface area contributed by atoms with Crippen molar-refractivity contribution in [1.82, 2.24) is 4.90 Å². The third kappa shape index (κ3) is 5.17. The molecule has 0 aliphatic carbocycles. The molecule has 2 fully saturated rings. The first-order valence-corrected chi connectivity index (χ1v) is 13.0. The van der Waals surface area contributed by atoms with E-state index in [0.29, 0.717) is 19.6 Å². The second-order valence-electron chi connectivity index (χ2n) is 10.3. The Morgan fingerprint density at radius 3 is 2.39 bits per heavy atom. The minimum absolute atomic E-state index is 0.0311. The fraction of sp³-hybridized carbons (Fsp3) is 0.467. The maximum Gasteiger partial charge on any atom is 0.231 e. The molecule has 0 unspecified atom stereocenters. The first-order chi connectivity index (χ1) is 17.3. The molecule has 0 spiro atoms. The van der Waals surface area contributed by atoms with Gasteiger partial charge in [0.05, 0.1) is 13.2 Å². The Bertz CT molecular complexity index is 1070. The first-order valence-electron chi connectivity index (χ1n) is 13.0. The summed E-state index contributed by atoms with van der Waals surface area (Å²) in [4.78, 5) is 27.2. The summed E-state index contributed by atoms with van der Waals surface area (Å²) in [6.07, 6.45) is 7.03. The average molecular weight is 491 g/mol. The molecular formula is C30H38N2O4. The van der Waals surface area contributed by atoms with Crippen LogP contribution in [-0.4, -0.2) is 42.0 Å². The van der Waals surface area contributed by atoms with E-state index in [1.54, 1.807) is 0 Å². The molecule has 192 valence electrons. The summed E-state index contributed by atoms with van der Waals surface area (Å²) in [6.45, 7) is 7.13. The third-order valence-corrected chi connectivity index (χ3v) is 7.67. The van der Waals surface area contributed by atoms with Crippen LogP contribution >= 0.6 is 0 Å². The number of likely N-dealkylation sites (tertiary alicyclic amines) is 1. The van der Waals surface area contributed by atoms with Crippen molar-refractivity contribution in [3.8, 4) is 0 Å². The number of imide groups is 1. The molecular weight excluding hydrogens is 452 g/mol. The Balaban J connectivity index is 1.48. The molecule has 2 heterocycles. The van der Waals surface area contributed by atoms with Gasteiger partial charge in [-0.3, -0.25) is 14.5 Å². The van der Waals surface area contributed by atoms with E-state index in [2.05, 4.69) is 6.08 Å². The molecule has 2 amide bonds. The number of carbonyl (C=O) groups is 2. The van der Waals surface area contributed by atoms with Crippen LogP contribution in [0.25, 0.3) is 0 Å². The van der Waals surface area contributed by atoms with E-state index in [1.165, 1.54) is 4.90 Å². The molecule has 4 rings (SSSR count). The number of benzene rings is 2. The van der Waals surface area contributed by atoms with E-state index in [9.17, 15) is 9.59 Å². The predicted molar refractivity (Wildman–Crippen MR) is 140 cm³/mol. The molecule has 6 nitrogen and oxygen atoms in total. The second kappa shape index (κ2) is 11.1. The van der Waals surface area contributed by atoms with E-state index in [4.69, 9.17) is 15.2 Å².